The van der Waals surface area contributed by atoms with E-state index in [1.54, 1.807) is 0 Å². The molecule has 0 saturated carbocycles. The van der Waals surface area contributed by atoms with Crippen molar-refractivity contribution in [1.82, 2.24) is 0 Å². The first-order valence-electron chi connectivity index (χ1n) is 4.39. The zero-order valence-electron chi connectivity index (χ0n) is 8.14. The Labute approximate surface area is 95.5 Å². The van der Waals surface area contributed by atoms with Crippen LogP contribution in [0.25, 0.3) is 0 Å². The van der Waals surface area contributed by atoms with E-state index in [1.807, 2.05) is 0 Å². The highest BCUT2D eigenvalue weighted by Crippen LogP contribution is 2.24. The molecule has 0 N–H and O–H groups in total. The van der Waals surface area contributed by atoms with Crippen LogP contribution in [-0.2, 0) is 6.42 Å². The second-order valence-corrected chi connectivity index (χ2v) is 3.47. The molecule has 0 spiro atoms. The molecule has 0 aromatic heterocycles. The van der Waals surface area contributed by atoms with Gasteiger partial charge in [-0.1, -0.05) is 24.2 Å². The second kappa shape index (κ2) is 5.16. The van der Waals surface area contributed by atoms with Crippen molar-refractivity contribution in [1.29, 1.82) is 0 Å². The fraction of sp³-hybridized carbons (Fsp3) is 0.182. The van der Waals surface area contributed by atoms with Crippen molar-refractivity contribution >= 4 is 17.4 Å². The average molecular weight is 249 g/mol. The van der Waals surface area contributed by atoms with E-state index in [2.05, 4.69) is 6.58 Å². The number of carbonyl (C=O) groups is 1. The molecule has 5 heteroatoms. The standard InChI is InChI=1S/C11H8ClF3O/c1-2-8(16)10-6(5-9(13)14)3-4-7(12)11(10)15/h2-4,9H,1,5H2. The first kappa shape index (κ1) is 12.8. The highest BCUT2D eigenvalue weighted by molar-refractivity contribution is 6.31. The van der Waals surface area contributed by atoms with E-state index in [1.165, 1.54) is 6.07 Å². The van der Waals surface area contributed by atoms with Crippen LogP contribution in [-0.4, -0.2) is 12.2 Å². The molecule has 0 bridgehead atoms. The van der Waals surface area contributed by atoms with Crippen LogP contribution in [0.4, 0.5) is 13.2 Å². The Kier molecular flexibility index (Phi) is 4.12. The molecular weight excluding hydrogens is 241 g/mol. The Morgan fingerprint density at radius 1 is 1.50 bits per heavy atom. The van der Waals surface area contributed by atoms with Crippen molar-refractivity contribution < 1.29 is 18.0 Å². The van der Waals surface area contributed by atoms with Crippen LogP contribution in [0, 0.1) is 5.82 Å². The van der Waals surface area contributed by atoms with Gasteiger partial charge in [-0.25, -0.2) is 13.2 Å². The van der Waals surface area contributed by atoms with Gasteiger partial charge >= 0.3 is 0 Å². The summed E-state index contributed by atoms with van der Waals surface area (Å²) in [5.41, 5.74) is -0.496. The summed E-state index contributed by atoms with van der Waals surface area (Å²) in [6.07, 6.45) is -2.48. The number of hydrogen-bond acceptors (Lipinski definition) is 1. The van der Waals surface area contributed by atoms with Crippen molar-refractivity contribution in [3.8, 4) is 0 Å². The Morgan fingerprint density at radius 3 is 2.62 bits per heavy atom. The lowest BCUT2D eigenvalue weighted by Gasteiger charge is -2.08. The highest BCUT2D eigenvalue weighted by atomic mass is 35.5. The number of ketones is 1. The van der Waals surface area contributed by atoms with Gasteiger partial charge in [0.1, 0.15) is 0 Å². The minimum Gasteiger partial charge on any atom is -0.289 e. The molecule has 0 unspecified atom stereocenters. The SMILES string of the molecule is C=CC(=O)c1c(CC(F)F)ccc(Cl)c1F. The monoisotopic (exact) mass is 248 g/mol. The Hall–Kier alpha value is -1.29. The van der Waals surface area contributed by atoms with E-state index in [4.69, 9.17) is 11.6 Å². The molecule has 1 aromatic rings. The molecule has 0 fully saturated rings. The molecule has 16 heavy (non-hydrogen) atoms. The van der Waals surface area contributed by atoms with Gasteiger partial charge < -0.3 is 0 Å². The van der Waals surface area contributed by atoms with Gasteiger partial charge in [-0.2, -0.15) is 0 Å². The Bertz CT molecular complexity index is 429. The molecule has 0 heterocycles. The van der Waals surface area contributed by atoms with Crippen LogP contribution in [0.5, 0.6) is 0 Å². The van der Waals surface area contributed by atoms with Crippen LogP contribution in [0.2, 0.25) is 5.02 Å². The van der Waals surface area contributed by atoms with Crippen molar-refractivity contribution in [2.45, 2.75) is 12.8 Å². The number of halogens is 4. The molecule has 1 nitrogen and oxygen atoms in total. The summed E-state index contributed by atoms with van der Waals surface area (Å²) < 4.78 is 37.9. The van der Waals surface area contributed by atoms with E-state index < -0.39 is 30.0 Å². The minimum atomic E-state index is -2.66. The van der Waals surface area contributed by atoms with Gasteiger partial charge in [0.2, 0.25) is 6.43 Å². The number of allylic oxidation sites excluding steroid dienone is 1. The summed E-state index contributed by atoms with van der Waals surface area (Å²) >= 11 is 5.47. The molecule has 0 saturated heterocycles. The van der Waals surface area contributed by atoms with Crippen molar-refractivity contribution in [2.75, 3.05) is 0 Å². The molecule has 0 aliphatic rings. The quantitative estimate of drug-likeness (QED) is 0.587. The third-order valence-electron chi connectivity index (χ3n) is 1.99. The summed E-state index contributed by atoms with van der Waals surface area (Å²) in [6.45, 7) is 3.18. The van der Waals surface area contributed by atoms with Crippen molar-refractivity contribution in [3.05, 3.63) is 46.8 Å². The zero-order chi connectivity index (χ0) is 12.3. The van der Waals surface area contributed by atoms with Gasteiger partial charge in [0.15, 0.2) is 11.6 Å². The summed E-state index contributed by atoms with van der Waals surface area (Å²) in [4.78, 5) is 11.3. The highest BCUT2D eigenvalue weighted by Gasteiger charge is 2.19. The van der Waals surface area contributed by atoms with E-state index in [-0.39, 0.29) is 10.6 Å². The maximum atomic E-state index is 13.5. The first-order chi connectivity index (χ1) is 7.47. The third-order valence-corrected chi connectivity index (χ3v) is 2.28. The minimum absolute atomic E-state index is 0.0678. The average Bonchev–Trinajstić information content (AvgIpc) is 2.22. The van der Waals surface area contributed by atoms with E-state index in [0.29, 0.717) is 0 Å². The lowest BCUT2D eigenvalue weighted by Crippen LogP contribution is -2.08. The molecule has 1 rings (SSSR count). The molecule has 0 amide bonds. The topological polar surface area (TPSA) is 17.1 Å². The summed E-state index contributed by atoms with van der Waals surface area (Å²) in [7, 11) is 0. The molecule has 0 atom stereocenters. The third kappa shape index (κ3) is 2.64. The van der Waals surface area contributed by atoms with Crippen LogP contribution < -0.4 is 0 Å². The summed E-state index contributed by atoms with van der Waals surface area (Å²) in [5.74, 6) is -1.74. The van der Waals surface area contributed by atoms with Crippen LogP contribution in [0.3, 0.4) is 0 Å². The normalized spacial score (nSPS) is 10.6. The molecular formula is C11H8ClF3O. The molecule has 0 aliphatic carbocycles. The maximum Gasteiger partial charge on any atom is 0.242 e. The molecule has 0 radical (unpaired) electrons. The maximum absolute atomic E-state index is 13.5. The smallest absolute Gasteiger partial charge is 0.242 e. The number of alkyl halides is 2. The Morgan fingerprint density at radius 2 is 2.12 bits per heavy atom. The van der Waals surface area contributed by atoms with Crippen LogP contribution in [0.15, 0.2) is 24.8 Å². The largest absolute Gasteiger partial charge is 0.289 e. The van der Waals surface area contributed by atoms with E-state index >= 15 is 0 Å². The van der Waals surface area contributed by atoms with Crippen LogP contribution >= 0.6 is 11.6 Å². The molecule has 86 valence electrons. The zero-order valence-corrected chi connectivity index (χ0v) is 8.90. The molecule has 0 aliphatic heterocycles. The van der Waals surface area contributed by atoms with Gasteiger partial charge in [0.25, 0.3) is 0 Å². The Balaban J connectivity index is 3.32. The number of rotatable bonds is 4. The number of hydrogen-bond donors (Lipinski definition) is 0. The van der Waals surface area contributed by atoms with Crippen molar-refractivity contribution in [2.24, 2.45) is 0 Å². The van der Waals surface area contributed by atoms with E-state index in [9.17, 15) is 18.0 Å². The number of carbonyl (C=O) groups excluding carboxylic acids is 1. The second-order valence-electron chi connectivity index (χ2n) is 3.06. The first-order valence-corrected chi connectivity index (χ1v) is 4.77. The van der Waals surface area contributed by atoms with Gasteiger partial charge in [0.05, 0.1) is 10.6 Å². The predicted molar refractivity (Wildman–Crippen MR) is 55.6 cm³/mol. The molecule has 1 aromatic carbocycles. The fourth-order valence-electron chi connectivity index (χ4n) is 1.30. The van der Waals surface area contributed by atoms with Gasteiger partial charge in [-0.3, -0.25) is 4.79 Å². The lowest BCUT2D eigenvalue weighted by molar-refractivity contribution is 0.104. The number of benzene rings is 1. The van der Waals surface area contributed by atoms with Gasteiger partial charge in [-0.05, 0) is 17.7 Å². The lowest BCUT2D eigenvalue weighted by atomic mass is 10.0. The van der Waals surface area contributed by atoms with Crippen LogP contribution in [0.1, 0.15) is 15.9 Å². The van der Waals surface area contributed by atoms with E-state index in [0.717, 1.165) is 12.1 Å². The summed E-state index contributed by atoms with van der Waals surface area (Å²) in [6, 6.07) is 2.36. The van der Waals surface area contributed by atoms with Crippen molar-refractivity contribution in [3.63, 3.8) is 0 Å². The fourth-order valence-corrected chi connectivity index (χ4v) is 1.45. The predicted octanol–water partition coefficient (Wildman–Crippen LogP) is 3.66. The van der Waals surface area contributed by atoms with Gasteiger partial charge in [-0.15, -0.1) is 0 Å². The van der Waals surface area contributed by atoms with Gasteiger partial charge in [0, 0.05) is 6.42 Å². The summed E-state index contributed by atoms with van der Waals surface area (Å²) in [5, 5.41) is -0.275.